The Kier molecular flexibility index (Phi) is 6.22. The largest absolute Gasteiger partial charge is 0.456 e. The maximum atomic E-state index is 11.3. The van der Waals surface area contributed by atoms with Gasteiger partial charge in [-0.25, -0.2) is 0 Å². The Morgan fingerprint density at radius 1 is 1.28 bits per heavy atom. The van der Waals surface area contributed by atoms with Crippen LogP contribution < -0.4 is 5.32 Å². The van der Waals surface area contributed by atoms with Gasteiger partial charge in [0.1, 0.15) is 0 Å². The van der Waals surface area contributed by atoms with Gasteiger partial charge in [0.15, 0.2) is 6.61 Å². The predicted octanol–water partition coefficient (Wildman–Crippen LogP) is 1.95. The van der Waals surface area contributed by atoms with Gasteiger partial charge in [-0.15, -0.1) is 0 Å². The molecule has 0 fully saturated rings. The monoisotopic (exact) mass is 269 g/mol. The van der Waals surface area contributed by atoms with E-state index in [1.54, 1.807) is 0 Å². The Hall–Kier alpha value is -1.55. The number of carbonyl (C=O) groups excluding carboxylic acids is 2. The number of carbonyl (C=O) groups is 2. The molecule has 0 heterocycles. The van der Waals surface area contributed by atoms with Crippen LogP contribution in [0.15, 0.2) is 24.3 Å². The molecule has 98 valence electrons. The summed E-state index contributed by atoms with van der Waals surface area (Å²) in [6.45, 7) is -0.212. The zero-order chi connectivity index (χ0) is 13.4. The number of amides is 1. The number of ether oxygens (including phenoxy) is 1. The fourth-order valence-electron chi connectivity index (χ4n) is 1.38. The molecule has 0 spiro atoms. The van der Waals surface area contributed by atoms with E-state index in [1.165, 1.54) is 7.05 Å². The average molecular weight is 270 g/mol. The highest BCUT2D eigenvalue weighted by Crippen LogP contribution is 2.11. The molecular formula is C13H16ClNO3. The van der Waals surface area contributed by atoms with Crippen LogP contribution in [-0.4, -0.2) is 25.5 Å². The SMILES string of the molecule is CNC(=O)COC(=O)CCCc1ccc(Cl)cc1. The van der Waals surface area contributed by atoms with E-state index >= 15 is 0 Å². The molecule has 0 aliphatic heterocycles. The lowest BCUT2D eigenvalue weighted by Crippen LogP contribution is -2.25. The van der Waals surface area contributed by atoms with Crippen molar-refractivity contribution in [1.82, 2.24) is 5.32 Å². The van der Waals surface area contributed by atoms with Gasteiger partial charge in [-0.2, -0.15) is 0 Å². The minimum Gasteiger partial charge on any atom is -0.456 e. The van der Waals surface area contributed by atoms with E-state index in [2.05, 4.69) is 5.32 Å². The summed E-state index contributed by atoms with van der Waals surface area (Å²) in [4.78, 5) is 22.1. The van der Waals surface area contributed by atoms with Crippen molar-refractivity contribution in [3.8, 4) is 0 Å². The number of nitrogens with one attached hydrogen (secondary N) is 1. The standard InChI is InChI=1S/C13H16ClNO3/c1-15-12(16)9-18-13(17)4-2-3-10-5-7-11(14)8-6-10/h5-8H,2-4,9H2,1H3,(H,15,16). The highest BCUT2D eigenvalue weighted by Gasteiger charge is 2.05. The normalized spacial score (nSPS) is 9.89. The van der Waals surface area contributed by atoms with Crippen molar-refractivity contribution in [1.29, 1.82) is 0 Å². The number of halogens is 1. The molecule has 18 heavy (non-hydrogen) atoms. The van der Waals surface area contributed by atoms with Gasteiger partial charge < -0.3 is 10.1 Å². The van der Waals surface area contributed by atoms with Crippen LogP contribution in [0, 0.1) is 0 Å². The molecule has 0 aliphatic carbocycles. The van der Waals surface area contributed by atoms with Crippen LogP contribution in [0.4, 0.5) is 0 Å². The van der Waals surface area contributed by atoms with Gasteiger partial charge in [0.25, 0.3) is 5.91 Å². The summed E-state index contributed by atoms with van der Waals surface area (Å²) in [5.74, 6) is -0.659. The molecule has 5 heteroatoms. The van der Waals surface area contributed by atoms with Crippen molar-refractivity contribution >= 4 is 23.5 Å². The van der Waals surface area contributed by atoms with Crippen LogP contribution in [0.1, 0.15) is 18.4 Å². The van der Waals surface area contributed by atoms with Crippen molar-refractivity contribution in [3.63, 3.8) is 0 Å². The molecule has 0 saturated heterocycles. The molecule has 0 radical (unpaired) electrons. The first-order valence-electron chi connectivity index (χ1n) is 5.72. The van der Waals surface area contributed by atoms with Crippen LogP contribution in [0.25, 0.3) is 0 Å². The molecule has 1 amide bonds. The first kappa shape index (κ1) is 14.5. The van der Waals surface area contributed by atoms with Crippen molar-refractivity contribution in [2.75, 3.05) is 13.7 Å². The zero-order valence-corrected chi connectivity index (χ0v) is 11.0. The summed E-state index contributed by atoms with van der Waals surface area (Å²) < 4.78 is 4.78. The van der Waals surface area contributed by atoms with Gasteiger partial charge in [-0.05, 0) is 30.5 Å². The highest BCUT2D eigenvalue weighted by molar-refractivity contribution is 6.30. The molecule has 0 aromatic heterocycles. The Labute approximate surface area is 111 Å². The zero-order valence-electron chi connectivity index (χ0n) is 10.2. The maximum absolute atomic E-state index is 11.3. The van der Waals surface area contributed by atoms with E-state index in [0.717, 1.165) is 12.0 Å². The molecular weight excluding hydrogens is 254 g/mol. The van der Waals surface area contributed by atoms with Gasteiger partial charge in [-0.3, -0.25) is 9.59 Å². The lowest BCUT2D eigenvalue weighted by Gasteiger charge is -2.04. The molecule has 1 aromatic carbocycles. The van der Waals surface area contributed by atoms with Gasteiger partial charge >= 0.3 is 5.97 Å². The molecule has 0 bridgehead atoms. The molecule has 0 atom stereocenters. The van der Waals surface area contributed by atoms with Crippen LogP contribution >= 0.6 is 11.6 Å². The molecule has 1 N–H and O–H groups in total. The van der Waals surface area contributed by atoms with Crippen LogP contribution in [0.3, 0.4) is 0 Å². The summed E-state index contributed by atoms with van der Waals surface area (Å²) in [5.41, 5.74) is 1.12. The number of hydrogen-bond acceptors (Lipinski definition) is 3. The molecule has 0 aliphatic rings. The quantitative estimate of drug-likeness (QED) is 0.803. The van der Waals surface area contributed by atoms with E-state index in [1.807, 2.05) is 24.3 Å². The fourth-order valence-corrected chi connectivity index (χ4v) is 1.50. The molecule has 0 saturated carbocycles. The second-order valence-corrected chi connectivity index (χ2v) is 4.25. The summed E-state index contributed by atoms with van der Waals surface area (Å²) in [6, 6.07) is 7.50. The Bertz CT molecular complexity index is 403. The third kappa shape index (κ3) is 5.68. The first-order valence-corrected chi connectivity index (χ1v) is 6.10. The number of rotatable bonds is 6. The van der Waals surface area contributed by atoms with Crippen LogP contribution in [-0.2, 0) is 20.7 Å². The Morgan fingerprint density at radius 3 is 2.56 bits per heavy atom. The summed E-state index contributed by atoms with van der Waals surface area (Å²) in [6.07, 6.45) is 1.78. The van der Waals surface area contributed by atoms with E-state index in [4.69, 9.17) is 16.3 Å². The fraction of sp³-hybridized carbons (Fsp3) is 0.385. The van der Waals surface area contributed by atoms with Gasteiger partial charge in [0.2, 0.25) is 0 Å². The third-order valence-electron chi connectivity index (χ3n) is 2.40. The van der Waals surface area contributed by atoms with E-state index in [0.29, 0.717) is 17.9 Å². The lowest BCUT2D eigenvalue weighted by atomic mass is 10.1. The summed E-state index contributed by atoms with van der Waals surface area (Å²) in [7, 11) is 1.50. The van der Waals surface area contributed by atoms with Crippen LogP contribution in [0.2, 0.25) is 5.02 Å². The minimum atomic E-state index is -0.354. The van der Waals surface area contributed by atoms with E-state index in [-0.39, 0.29) is 18.5 Å². The van der Waals surface area contributed by atoms with E-state index in [9.17, 15) is 9.59 Å². The summed E-state index contributed by atoms with van der Waals surface area (Å²) >= 11 is 5.77. The number of aryl methyl sites for hydroxylation is 1. The topological polar surface area (TPSA) is 55.4 Å². The number of hydrogen-bond donors (Lipinski definition) is 1. The second-order valence-electron chi connectivity index (χ2n) is 3.81. The highest BCUT2D eigenvalue weighted by atomic mass is 35.5. The van der Waals surface area contributed by atoms with E-state index < -0.39 is 0 Å². The maximum Gasteiger partial charge on any atom is 0.306 e. The molecule has 0 unspecified atom stereocenters. The second kappa shape index (κ2) is 7.71. The van der Waals surface area contributed by atoms with Gasteiger partial charge in [0.05, 0.1) is 0 Å². The van der Waals surface area contributed by atoms with Crippen molar-refractivity contribution in [2.24, 2.45) is 0 Å². The smallest absolute Gasteiger partial charge is 0.306 e. The Morgan fingerprint density at radius 2 is 1.94 bits per heavy atom. The van der Waals surface area contributed by atoms with Gasteiger partial charge in [-0.1, -0.05) is 23.7 Å². The molecule has 1 aromatic rings. The molecule has 1 rings (SSSR count). The average Bonchev–Trinajstić information content (AvgIpc) is 2.38. The van der Waals surface area contributed by atoms with Gasteiger partial charge in [0, 0.05) is 18.5 Å². The van der Waals surface area contributed by atoms with Crippen LogP contribution in [0.5, 0.6) is 0 Å². The van der Waals surface area contributed by atoms with Crippen molar-refractivity contribution in [3.05, 3.63) is 34.9 Å². The predicted molar refractivity (Wildman–Crippen MR) is 69.4 cm³/mol. The Balaban J connectivity index is 2.19. The molecule has 4 nitrogen and oxygen atoms in total. The number of esters is 1. The third-order valence-corrected chi connectivity index (χ3v) is 2.65. The number of benzene rings is 1. The number of likely N-dealkylation sites (N-methyl/N-ethyl adjacent to an activating group) is 1. The minimum absolute atomic E-state index is 0.212. The lowest BCUT2D eigenvalue weighted by molar-refractivity contribution is -0.148. The van der Waals surface area contributed by atoms with Crippen molar-refractivity contribution in [2.45, 2.75) is 19.3 Å². The summed E-state index contributed by atoms with van der Waals surface area (Å²) in [5, 5.41) is 3.08. The first-order chi connectivity index (χ1) is 8.61. The van der Waals surface area contributed by atoms with Crippen molar-refractivity contribution < 1.29 is 14.3 Å².